The zero-order valence-electron chi connectivity index (χ0n) is 9.15. The summed E-state index contributed by atoms with van der Waals surface area (Å²) < 4.78 is 24.1. The lowest BCUT2D eigenvalue weighted by Gasteiger charge is -2.06. The van der Waals surface area contributed by atoms with Crippen molar-refractivity contribution in [3.63, 3.8) is 0 Å². The Bertz CT molecular complexity index is 509. The molecule has 0 fully saturated rings. The van der Waals surface area contributed by atoms with Crippen LogP contribution in [0.3, 0.4) is 0 Å². The fourth-order valence-corrected chi connectivity index (χ4v) is 1.69. The molecule has 0 saturated carbocycles. The molecule has 0 atom stereocenters. The first-order chi connectivity index (χ1) is 7.29. The molecule has 16 heavy (non-hydrogen) atoms. The lowest BCUT2D eigenvalue weighted by atomic mass is 10.0. The predicted octanol–water partition coefficient (Wildman–Crippen LogP) is 0.143. The number of hydrogen-bond acceptors (Lipinski definition) is 3. The van der Waals surface area contributed by atoms with Gasteiger partial charge in [0.15, 0.2) is 0 Å². The fourth-order valence-electron chi connectivity index (χ4n) is 1.26. The van der Waals surface area contributed by atoms with Gasteiger partial charge in [0.1, 0.15) is 0 Å². The molecule has 1 amide bonds. The highest BCUT2D eigenvalue weighted by molar-refractivity contribution is 7.88. The molecule has 1 aromatic carbocycles. The SMILES string of the molecule is Cc1ccc(CNS(C)(=O)=O)cc1C(N)=O. The van der Waals surface area contributed by atoms with E-state index in [1.165, 1.54) is 0 Å². The third kappa shape index (κ3) is 3.63. The van der Waals surface area contributed by atoms with Crippen LogP contribution in [0.2, 0.25) is 0 Å². The van der Waals surface area contributed by atoms with E-state index in [9.17, 15) is 13.2 Å². The van der Waals surface area contributed by atoms with E-state index in [0.717, 1.165) is 11.8 Å². The van der Waals surface area contributed by atoms with Crippen LogP contribution < -0.4 is 10.5 Å². The van der Waals surface area contributed by atoms with Gasteiger partial charge < -0.3 is 5.73 Å². The Kier molecular flexibility index (Phi) is 3.66. The molecule has 88 valence electrons. The van der Waals surface area contributed by atoms with E-state index in [2.05, 4.69) is 4.72 Å². The summed E-state index contributed by atoms with van der Waals surface area (Å²) in [4.78, 5) is 11.1. The van der Waals surface area contributed by atoms with Gasteiger partial charge in [-0.3, -0.25) is 4.79 Å². The minimum atomic E-state index is -3.23. The van der Waals surface area contributed by atoms with Crippen molar-refractivity contribution in [1.82, 2.24) is 4.72 Å². The van der Waals surface area contributed by atoms with Gasteiger partial charge in [-0.05, 0) is 24.1 Å². The maximum absolute atomic E-state index is 11.1. The third-order valence-corrected chi connectivity index (χ3v) is 2.77. The molecule has 0 spiro atoms. The van der Waals surface area contributed by atoms with Crippen molar-refractivity contribution in [3.05, 3.63) is 34.9 Å². The Morgan fingerprint density at radius 2 is 2.06 bits per heavy atom. The number of nitrogens with one attached hydrogen (secondary N) is 1. The molecule has 0 bridgehead atoms. The third-order valence-electron chi connectivity index (χ3n) is 2.11. The topological polar surface area (TPSA) is 89.3 Å². The zero-order valence-corrected chi connectivity index (χ0v) is 9.97. The van der Waals surface area contributed by atoms with E-state index < -0.39 is 15.9 Å². The van der Waals surface area contributed by atoms with E-state index in [1.807, 2.05) is 0 Å². The number of aryl methyl sites for hydroxylation is 1. The lowest BCUT2D eigenvalue weighted by Crippen LogP contribution is -2.21. The summed E-state index contributed by atoms with van der Waals surface area (Å²) in [5.41, 5.74) is 7.07. The number of hydrogen-bond donors (Lipinski definition) is 2. The molecule has 0 heterocycles. The molecule has 0 aliphatic heterocycles. The monoisotopic (exact) mass is 242 g/mol. The number of nitrogens with two attached hydrogens (primary N) is 1. The largest absolute Gasteiger partial charge is 0.366 e. The first-order valence-corrected chi connectivity index (χ1v) is 6.53. The van der Waals surface area contributed by atoms with Crippen LogP contribution >= 0.6 is 0 Å². The summed E-state index contributed by atoms with van der Waals surface area (Å²) in [6.07, 6.45) is 1.08. The van der Waals surface area contributed by atoms with E-state index in [-0.39, 0.29) is 6.54 Å². The quantitative estimate of drug-likeness (QED) is 0.787. The number of carbonyl (C=O) groups excluding carboxylic acids is 1. The molecule has 0 aliphatic carbocycles. The maximum atomic E-state index is 11.1. The van der Waals surface area contributed by atoms with Crippen LogP contribution in [0.25, 0.3) is 0 Å². The molecule has 0 aliphatic rings. The Morgan fingerprint density at radius 1 is 1.44 bits per heavy atom. The fraction of sp³-hybridized carbons (Fsp3) is 0.300. The molecular formula is C10H14N2O3S. The van der Waals surface area contributed by atoms with Crippen molar-refractivity contribution in [2.45, 2.75) is 13.5 Å². The number of benzene rings is 1. The second-order valence-electron chi connectivity index (χ2n) is 3.61. The highest BCUT2D eigenvalue weighted by Gasteiger charge is 2.07. The second kappa shape index (κ2) is 4.63. The molecule has 6 heteroatoms. The van der Waals surface area contributed by atoms with Gasteiger partial charge in [-0.1, -0.05) is 12.1 Å². The Balaban J connectivity index is 2.91. The predicted molar refractivity (Wildman–Crippen MR) is 61.4 cm³/mol. The molecule has 0 unspecified atom stereocenters. The average molecular weight is 242 g/mol. The molecule has 0 aromatic heterocycles. The minimum Gasteiger partial charge on any atom is -0.366 e. The van der Waals surface area contributed by atoms with Crippen LogP contribution in [0.15, 0.2) is 18.2 Å². The van der Waals surface area contributed by atoms with Gasteiger partial charge in [0.05, 0.1) is 6.26 Å². The van der Waals surface area contributed by atoms with Crippen molar-refractivity contribution in [2.75, 3.05) is 6.26 Å². The van der Waals surface area contributed by atoms with Crippen LogP contribution in [0.4, 0.5) is 0 Å². The summed E-state index contributed by atoms with van der Waals surface area (Å²) in [5, 5.41) is 0. The summed E-state index contributed by atoms with van der Waals surface area (Å²) in [5.74, 6) is -0.515. The Hall–Kier alpha value is -1.40. The van der Waals surface area contributed by atoms with Crippen LogP contribution in [0.1, 0.15) is 21.5 Å². The molecule has 1 rings (SSSR count). The van der Waals surface area contributed by atoms with Gasteiger partial charge in [-0.15, -0.1) is 0 Å². The van der Waals surface area contributed by atoms with Crippen LogP contribution in [0, 0.1) is 6.92 Å². The Morgan fingerprint density at radius 3 is 2.56 bits per heavy atom. The number of sulfonamides is 1. The second-order valence-corrected chi connectivity index (χ2v) is 5.44. The van der Waals surface area contributed by atoms with Gasteiger partial charge >= 0.3 is 0 Å². The van der Waals surface area contributed by atoms with Gasteiger partial charge in [-0.2, -0.15) is 0 Å². The van der Waals surface area contributed by atoms with E-state index >= 15 is 0 Å². The van der Waals surface area contributed by atoms with Gasteiger partial charge in [0.25, 0.3) is 0 Å². The van der Waals surface area contributed by atoms with Gasteiger partial charge in [0, 0.05) is 12.1 Å². The molecule has 0 saturated heterocycles. The lowest BCUT2D eigenvalue weighted by molar-refractivity contribution is 0.0999. The number of rotatable bonds is 4. The molecule has 1 aromatic rings. The van der Waals surface area contributed by atoms with Crippen LogP contribution in [-0.2, 0) is 16.6 Å². The van der Waals surface area contributed by atoms with Gasteiger partial charge in [-0.25, -0.2) is 13.1 Å². The average Bonchev–Trinajstić information content (AvgIpc) is 2.14. The Labute approximate surface area is 94.7 Å². The molecule has 3 N–H and O–H groups in total. The summed E-state index contributed by atoms with van der Waals surface area (Å²) in [7, 11) is -3.23. The molecule has 0 radical (unpaired) electrons. The number of primary amides is 1. The van der Waals surface area contributed by atoms with E-state index in [0.29, 0.717) is 11.1 Å². The van der Waals surface area contributed by atoms with Crippen LogP contribution in [0.5, 0.6) is 0 Å². The van der Waals surface area contributed by atoms with Crippen molar-refractivity contribution in [2.24, 2.45) is 5.73 Å². The zero-order chi connectivity index (χ0) is 12.3. The summed E-state index contributed by atoms with van der Waals surface area (Å²) in [6, 6.07) is 5.08. The molecular weight excluding hydrogens is 228 g/mol. The van der Waals surface area contributed by atoms with Gasteiger partial charge in [0.2, 0.25) is 15.9 Å². The van der Waals surface area contributed by atoms with Crippen LogP contribution in [-0.4, -0.2) is 20.6 Å². The maximum Gasteiger partial charge on any atom is 0.248 e. The molecule has 5 nitrogen and oxygen atoms in total. The minimum absolute atomic E-state index is 0.152. The number of amides is 1. The van der Waals surface area contributed by atoms with Crippen molar-refractivity contribution < 1.29 is 13.2 Å². The van der Waals surface area contributed by atoms with Crippen molar-refractivity contribution >= 4 is 15.9 Å². The number of carbonyl (C=O) groups is 1. The smallest absolute Gasteiger partial charge is 0.248 e. The summed E-state index contributed by atoms with van der Waals surface area (Å²) >= 11 is 0. The van der Waals surface area contributed by atoms with E-state index in [4.69, 9.17) is 5.73 Å². The van der Waals surface area contributed by atoms with E-state index in [1.54, 1.807) is 25.1 Å². The standard InChI is InChI=1S/C10H14N2O3S/c1-7-3-4-8(5-9(7)10(11)13)6-12-16(2,14)15/h3-5,12H,6H2,1-2H3,(H2,11,13). The van der Waals surface area contributed by atoms with Crippen molar-refractivity contribution in [3.8, 4) is 0 Å². The first kappa shape index (κ1) is 12.7. The normalized spacial score (nSPS) is 11.4. The van der Waals surface area contributed by atoms with Crippen molar-refractivity contribution in [1.29, 1.82) is 0 Å². The highest BCUT2D eigenvalue weighted by Crippen LogP contribution is 2.10. The highest BCUT2D eigenvalue weighted by atomic mass is 32.2. The summed E-state index contributed by atoms with van der Waals surface area (Å²) in [6.45, 7) is 1.92. The first-order valence-electron chi connectivity index (χ1n) is 4.63.